The van der Waals surface area contributed by atoms with Gasteiger partial charge in [0.15, 0.2) is 0 Å². The van der Waals surface area contributed by atoms with Crippen molar-refractivity contribution < 1.29 is 9.59 Å². The minimum Gasteiger partial charge on any atom is -0.299 e. The normalized spacial score (nSPS) is 23.1. The van der Waals surface area contributed by atoms with Crippen molar-refractivity contribution >= 4 is 23.3 Å². The predicted octanol–water partition coefficient (Wildman–Crippen LogP) is 1.68. The molecule has 12 heavy (non-hydrogen) atoms. The highest BCUT2D eigenvalue weighted by atomic mass is 32.2. The van der Waals surface area contributed by atoms with Crippen LogP contribution in [0.4, 0.5) is 0 Å². The summed E-state index contributed by atoms with van der Waals surface area (Å²) < 4.78 is 0. The monoisotopic (exact) mass is 186 g/mol. The van der Waals surface area contributed by atoms with Crippen molar-refractivity contribution in [2.45, 2.75) is 25.7 Å². The molecule has 1 aliphatic carbocycles. The topological polar surface area (TPSA) is 34.1 Å². The maximum absolute atomic E-state index is 11.4. The van der Waals surface area contributed by atoms with E-state index in [1.165, 1.54) is 0 Å². The molecular weight excluding hydrogens is 172 g/mol. The summed E-state index contributed by atoms with van der Waals surface area (Å²) in [6.07, 6.45) is 4.87. The Morgan fingerprint density at radius 2 is 2.42 bits per heavy atom. The second-order valence-corrected chi connectivity index (χ2v) is 4.11. The smallest absolute Gasteiger partial charge is 0.144 e. The van der Waals surface area contributed by atoms with E-state index in [0.29, 0.717) is 12.8 Å². The fraction of sp³-hybridized carbons (Fsp3) is 0.778. The summed E-state index contributed by atoms with van der Waals surface area (Å²) in [5.74, 6) is 0.938. The van der Waals surface area contributed by atoms with Gasteiger partial charge in [0.2, 0.25) is 0 Å². The first kappa shape index (κ1) is 9.78. The Balaban J connectivity index is 2.36. The standard InChI is InChI=1S/C9H14O2S/c1-12-6-5-9(11)7-3-2-4-8(7)10/h7H,2-6H2,1H3. The molecule has 1 aliphatic rings. The van der Waals surface area contributed by atoms with E-state index in [0.717, 1.165) is 18.6 Å². The highest BCUT2D eigenvalue weighted by molar-refractivity contribution is 7.98. The van der Waals surface area contributed by atoms with Crippen molar-refractivity contribution in [1.82, 2.24) is 0 Å². The van der Waals surface area contributed by atoms with Crippen LogP contribution in [0, 0.1) is 5.92 Å². The summed E-state index contributed by atoms with van der Waals surface area (Å²) in [6, 6.07) is 0. The lowest BCUT2D eigenvalue weighted by atomic mass is 10.00. The van der Waals surface area contributed by atoms with E-state index in [-0.39, 0.29) is 17.5 Å². The molecule has 0 aromatic carbocycles. The molecule has 2 nitrogen and oxygen atoms in total. The van der Waals surface area contributed by atoms with Crippen LogP contribution in [0.25, 0.3) is 0 Å². The van der Waals surface area contributed by atoms with E-state index in [1.54, 1.807) is 11.8 Å². The van der Waals surface area contributed by atoms with Gasteiger partial charge in [-0.05, 0) is 24.9 Å². The van der Waals surface area contributed by atoms with Crippen molar-refractivity contribution in [1.29, 1.82) is 0 Å². The lowest BCUT2D eigenvalue weighted by Gasteiger charge is -2.04. The number of carbonyl (C=O) groups excluding carboxylic acids is 2. The molecule has 0 amide bonds. The van der Waals surface area contributed by atoms with Gasteiger partial charge in [-0.15, -0.1) is 0 Å². The first-order chi connectivity index (χ1) is 5.75. The number of hydrogen-bond acceptors (Lipinski definition) is 3. The molecule has 0 spiro atoms. The summed E-state index contributed by atoms with van der Waals surface area (Å²) >= 11 is 1.66. The maximum atomic E-state index is 11.4. The van der Waals surface area contributed by atoms with Crippen LogP contribution in [0.5, 0.6) is 0 Å². The number of carbonyl (C=O) groups is 2. The first-order valence-electron chi connectivity index (χ1n) is 4.30. The second-order valence-electron chi connectivity index (χ2n) is 3.12. The quantitative estimate of drug-likeness (QED) is 0.626. The fourth-order valence-corrected chi connectivity index (χ4v) is 1.94. The van der Waals surface area contributed by atoms with Crippen LogP contribution in [0.1, 0.15) is 25.7 Å². The van der Waals surface area contributed by atoms with Gasteiger partial charge in [-0.25, -0.2) is 0 Å². The van der Waals surface area contributed by atoms with Gasteiger partial charge < -0.3 is 0 Å². The molecule has 68 valence electrons. The van der Waals surface area contributed by atoms with E-state index in [4.69, 9.17) is 0 Å². The summed E-state index contributed by atoms with van der Waals surface area (Å²) in [7, 11) is 0. The van der Waals surface area contributed by atoms with E-state index in [2.05, 4.69) is 0 Å². The molecule has 1 rings (SSSR count). The van der Waals surface area contributed by atoms with E-state index >= 15 is 0 Å². The zero-order valence-electron chi connectivity index (χ0n) is 7.34. The molecule has 3 heteroatoms. The van der Waals surface area contributed by atoms with Gasteiger partial charge in [-0.1, -0.05) is 0 Å². The highest BCUT2D eigenvalue weighted by Crippen LogP contribution is 2.23. The zero-order chi connectivity index (χ0) is 8.97. The van der Waals surface area contributed by atoms with Crippen LogP contribution < -0.4 is 0 Å². The lowest BCUT2D eigenvalue weighted by Crippen LogP contribution is -2.18. The molecule has 0 N–H and O–H groups in total. The Kier molecular flexibility index (Phi) is 3.79. The molecular formula is C9H14O2S. The molecule has 0 heterocycles. The summed E-state index contributed by atoms with van der Waals surface area (Å²) in [5.41, 5.74) is 0. The van der Waals surface area contributed by atoms with Crippen LogP contribution in [0.15, 0.2) is 0 Å². The summed E-state index contributed by atoms with van der Waals surface area (Å²) in [4.78, 5) is 22.5. The Labute approximate surface area is 77.1 Å². The third-order valence-electron chi connectivity index (χ3n) is 2.25. The van der Waals surface area contributed by atoms with Crippen LogP contribution >= 0.6 is 11.8 Å². The molecule has 0 bridgehead atoms. The molecule has 1 atom stereocenters. The largest absolute Gasteiger partial charge is 0.299 e. The van der Waals surface area contributed by atoms with E-state index in [9.17, 15) is 9.59 Å². The average Bonchev–Trinajstić information content (AvgIpc) is 2.47. The van der Waals surface area contributed by atoms with Crippen molar-refractivity contribution in [2.24, 2.45) is 5.92 Å². The van der Waals surface area contributed by atoms with Gasteiger partial charge >= 0.3 is 0 Å². The van der Waals surface area contributed by atoms with E-state index < -0.39 is 0 Å². The molecule has 1 saturated carbocycles. The van der Waals surface area contributed by atoms with Crippen LogP contribution in [0.2, 0.25) is 0 Å². The fourth-order valence-electron chi connectivity index (χ4n) is 1.53. The number of ketones is 2. The van der Waals surface area contributed by atoms with Gasteiger partial charge in [-0.3, -0.25) is 9.59 Å². The van der Waals surface area contributed by atoms with Crippen molar-refractivity contribution in [2.75, 3.05) is 12.0 Å². The van der Waals surface area contributed by atoms with Gasteiger partial charge in [0.05, 0.1) is 5.92 Å². The SMILES string of the molecule is CSCCC(=O)C1CCCC1=O. The maximum Gasteiger partial charge on any atom is 0.144 e. The Morgan fingerprint density at radius 1 is 1.67 bits per heavy atom. The Morgan fingerprint density at radius 3 is 2.92 bits per heavy atom. The van der Waals surface area contributed by atoms with Gasteiger partial charge in [-0.2, -0.15) is 11.8 Å². The van der Waals surface area contributed by atoms with E-state index in [1.807, 2.05) is 6.26 Å². The second kappa shape index (κ2) is 4.65. The van der Waals surface area contributed by atoms with Crippen molar-refractivity contribution in [3.63, 3.8) is 0 Å². The number of hydrogen-bond donors (Lipinski definition) is 0. The predicted molar refractivity (Wildman–Crippen MR) is 50.4 cm³/mol. The molecule has 0 aliphatic heterocycles. The van der Waals surface area contributed by atoms with Crippen molar-refractivity contribution in [3.8, 4) is 0 Å². The van der Waals surface area contributed by atoms with Gasteiger partial charge in [0.1, 0.15) is 11.6 Å². The Bertz CT molecular complexity index is 189. The zero-order valence-corrected chi connectivity index (χ0v) is 8.15. The molecule has 0 aromatic rings. The summed E-state index contributed by atoms with van der Waals surface area (Å²) in [5, 5.41) is 0. The third kappa shape index (κ3) is 2.34. The summed E-state index contributed by atoms with van der Waals surface area (Å²) in [6.45, 7) is 0. The lowest BCUT2D eigenvalue weighted by molar-refractivity contribution is -0.130. The number of Topliss-reactive ketones (excluding diaryl/α,β-unsaturated/α-hetero) is 2. The molecule has 0 aromatic heterocycles. The van der Waals surface area contributed by atoms with Crippen LogP contribution in [-0.4, -0.2) is 23.6 Å². The number of thioether (sulfide) groups is 1. The van der Waals surface area contributed by atoms with Crippen LogP contribution in [0.3, 0.4) is 0 Å². The van der Waals surface area contributed by atoms with Gasteiger partial charge in [0, 0.05) is 12.8 Å². The molecule has 1 fully saturated rings. The molecule has 0 saturated heterocycles. The average molecular weight is 186 g/mol. The van der Waals surface area contributed by atoms with Crippen molar-refractivity contribution in [3.05, 3.63) is 0 Å². The minimum absolute atomic E-state index is 0.159. The molecule has 1 unspecified atom stereocenters. The highest BCUT2D eigenvalue weighted by Gasteiger charge is 2.29. The first-order valence-corrected chi connectivity index (χ1v) is 5.69. The van der Waals surface area contributed by atoms with Crippen LogP contribution in [-0.2, 0) is 9.59 Å². The Hall–Kier alpha value is -0.310. The minimum atomic E-state index is -0.239. The third-order valence-corrected chi connectivity index (χ3v) is 2.86. The van der Waals surface area contributed by atoms with Gasteiger partial charge in [0.25, 0.3) is 0 Å². The number of rotatable bonds is 4. The molecule has 0 radical (unpaired) electrons.